The molecule has 3 heteroatoms. The fourth-order valence-corrected chi connectivity index (χ4v) is 2.38. The van der Waals surface area contributed by atoms with E-state index in [0.29, 0.717) is 6.61 Å². The van der Waals surface area contributed by atoms with Gasteiger partial charge in [-0.25, -0.2) is 0 Å². The molecular weight excluding hydrogens is 262 g/mol. The van der Waals surface area contributed by atoms with Gasteiger partial charge in [0.05, 0.1) is 0 Å². The van der Waals surface area contributed by atoms with Crippen molar-refractivity contribution in [1.82, 2.24) is 5.32 Å². The van der Waals surface area contributed by atoms with Crippen LogP contribution in [0.2, 0.25) is 0 Å². The van der Waals surface area contributed by atoms with Crippen molar-refractivity contribution in [2.24, 2.45) is 0 Å². The number of para-hydroxylation sites is 2. The second-order valence-corrected chi connectivity index (χ2v) is 4.88. The Morgan fingerprint density at radius 3 is 2.57 bits per heavy atom. The molecule has 3 nitrogen and oxygen atoms in total. The zero-order valence-electron chi connectivity index (χ0n) is 12.1. The monoisotopic (exact) mass is 281 g/mol. The van der Waals surface area contributed by atoms with Crippen molar-refractivity contribution in [1.29, 1.82) is 0 Å². The van der Waals surface area contributed by atoms with Gasteiger partial charge in [-0.15, -0.1) is 0 Å². The van der Waals surface area contributed by atoms with Crippen LogP contribution in [0.4, 0.5) is 0 Å². The van der Waals surface area contributed by atoms with Crippen molar-refractivity contribution < 1.29 is 9.15 Å². The molecule has 0 aliphatic heterocycles. The maximum atomic E-state index is 5.95. The third kappa shape index (κ3) is 3.09. The lowest BCUT2D eigenvalue weighted by Gasteiger charge is -2.06. The summed E-state index contributed by atoms with van der Waals surface area (Å²) in [6.07, 6.45) is 0. The van der Waals surface area contributed by atoms with Crippen LogP contribution in [-0.4, -0.2) is 6.54 Å². The van der Waals surface area contributed by atoms with E-state index >= 15 is 0 Å². The standard InChI is InChI=1S/C18H19NO2/c1-2-19-12-16-15-10-6-7-11-17(15)21-18(16)13-20-14-8-4-3-5-9-14/h3-11,19H,2,12-13H2,1H3. The van der Waals surface area contributed by atoms with E-state index in [1.165, 1.54) is 5.56 Å². The summed E-state index contributed by atoms with van der Waals surface area (Å²) in [7, 11) is 0. The average Bonchev–Trinajstić information content (AvgIpc) is 2.89. The summed E-state index contributed by atoms with van der Waals surface area (Å²) in [5.74, 6) is 1.74. The highest BCUT2D eigenvalue weighted by Gasteiger charge is 2.13. The van der Waals surface area contributed by atoms with Crippen LogP contribution in [0.1, 0.15) is 18.2 Å². The van der Waals surface area contributed by atoms with Gasteiger partial charge in [-0.05, 0) is 24.7 Å². The van der Waals surface area contributed by atoms with Crippen molar-refractivity contribution in [2.45, 2.75) is 20.1 Å². The predicted octanol–water partition coefficient (Wildman–Crippen LogP) is 4.12. The fraction of sp³-hybridized carbons (Fsp3) is 0.222. The van der Waals surface area contributed by atoms with Gasteiger partial charge in [-0.3, -0.25) is 0 Å². The van der Waals surface area contributed by atoms with E-state index in [4.69, 9.17) is 9.15 Å². The van der Waals surface area contributed by atoms with Crippen molar-refractivity contribution in [3.05, 3.63) is 65.9 Å². The van der Waals surface area contributed by atoms with Gasteiger partial charge < -0.3 is 14.5 Å². The maximum absolute atomic E-state index is 5.95. The van der Waals surface area contributed by atoms with Crippen LogP contribution in [0.25, 0.3) is 11.0 Å². The van der Waals surface area contributed by atoms with Gasteiger partial charge in [0.15, 0.2) is 0 Å². The number of hydrogen-bond donors (Lipinski definition) is 1. The quantitative estimate of drug-likeness (QED) is 0.738. The van der Waals surface area contributed by atoms with E-state index < -0.39 is 0 Å². The molecule has 1 heterocycles. The second-order valence-electron chi connectivity index (χ2n) is 4.88. The van der Waals surface area contributed by atoms with Crippen LogP contribution >= 0.6 is 0 Å². The topological polar surface area (TPSA) is 34.4 Å². The van der Waals surface area contributed by atoms with E-state index in [0.717, 1.165) is 35.6 Å². The van der Waals surface area contributed by atoms with E-state index in [1.54, 1.807) is 0 Å². The lowest BCUT2D eigenvalue weighted by atomic mass is 10.1. The molecule has 0 aliphatic carbocycles. The minimum absolute atomic E-state index is 0.444. The van der Waals surface area contributed by atoms with Crippen LogP contribution in [0, 0.1) is 0 Å². The largest absolute Gasteiger partial charge is 0.486 e. The molecule has 0 unspecified atom stereocenters. The normalized spacial score (nSPS) is 10.9. The maximum Gasteiger partial charge on any atom is 0.147 e. The first-order valence-corrected chi connectivity index (χ1v) is 7.26. The Morgan fingerprint density at radius 1 is 1.00 bits per heavy atom. The molecule has 0 saturated heterocycles. The molecule has 0 atom stereocenters. The summed E-state index contributed by atoms with van der Waals surface area (Å²) in [4.78, 5) is 0. The highest BCUT2D eigenvalue weighted by atomic mass is 16.5. The van der Waals surface area contributed by atoms with Crippen LogP contribution < -0.4 is 10.1 Å². The second kappa shape index (κ2) is 6.46. The Balaban J connectivity index is 1.86. The molecule has 0 radical (unpaired) electrons. The SMILES string of the molecule is CCNCc1c(COc2ccccc2)oc2ccccc12. The van der Waals surface area contributed by atoms with E-state index in [1.807, 2.05) is 48.5 Å². The Labute approximate surface area is 124 Å². The van der Waals surface area contributed by atoms with E-state index in [9.17, 15) is 0 Å². The van der Waals surface area contributed by atoms with Crippen LogP contribution in [0.15, 0.2) is 59.0 Å². The zero-order chi connectivity index (χ0) is 14.5. The summed E-state index contributed by atoms with van der Waals surface area (Å²) in [5.41, 5.74) is 2.10. The van der Waals surface area contributed by atoms with Gasteiger partial charge in [0.1, 0.15) is 23.7 Å². The van der Waals surface area contributed by atoms with Crippen LogP contribution in [-0.2, 0) is 13.2 Å². The number of fused-ring (bicyclic) bond motifs is 1. The Bertz CT molecular complexity index is 704. The molecule has 2 aromatic carbocycles. The van der Waals surface area contributed by atoms with Gasteiger partial charge in [0.25, 0.3) is 0 Å². The van der Waals surface area contributed by atoms with Gasteiger partial charge in [0, 0.05) is 17.5 Å². The predicted molar refractivity (Wildman–Crippen MR) is 84.4 cm³/mol. The molecule has 0 spiro atoms. The minimum atomic E-state index is 0.444. The van der Waals surface area contributed by atoms with Crippen molar-refractivity contribution >= 4 is 11.0 Å². The summed E-state index contributed by atoms with van der Waals surface area (Å²) < 4.78 is 11.8. The van der Waals surface area contributed by atoms with E-state index in [-0.39, 0.29) is 0 Å². The molecule has 3 rings (SSSR count). The summed E-state index contributed by atoms with van der Waals surface area (Å²) in [6, 6.07) is 17.9. The zero-order valence-corrected chi connectivity index (χ0v) is 12.1. The molecule has 1 N–H and O–H groups in total. The molecule has 0 saturated carbocycles. The summed E-state index contributed by atoms with van der Waals surface area (Å²) in [6.45, 7) is 4.27. The van der Waals surface area contributed by atoms with Gasteiger partial charge in [0.2, 0.25) is 0 Å². The van der Waals surface area contributed by atoms with Crippen LogP contribution in [0.3, 0.4) is 0 Å². The number of hydrogen-bond acceptors (Lipinski definition) is 3. The number of benzene rings is 2. The minimum Gasteiger partial charge on any atom is -0.486 e. The summed E-state index contributed by atoms with van der Waals surface area (Å²) >= 11 is 0. The number of ether oxygens (including phenoxy) is 1. The molecular formula is C18H19NO2. The molecule has 0 bridgehead atoms. The molecule has 1 aromatic heterocycles. The van der Waals surface area contributed by atoms with E-state index in [2.05, 4.69) is 18.3 Å². The van der Waals surface area contributed by atoms with Crippen LogP contribution in [0.5, 0.6) is 5.75 Å². The van der Waals surface area contributed by atoms with Gasteiger partial charge in [-0.2, -0.15) is 0 Å². The molecule has 3 aromatic rings. The smallest absolute Gasteiger partial charge is 0.147 e. The first kappa shape index (κ1) is 13.7. The number of furan rings is 1. The summed E-state index contributed by atoms with van der Waals surface area (Å²) in [5, 5.41) is 4.52. The number of rotatable bonds is 6. The lowest BCUT2D eigenvalue weighted by molar-refractivity contribution is 0.272. The molecule has 21 heavy (non-hydrogen) atoms. The van der Waals surface area contributed by atoms with Gasteiger partial charge >= 0.3 is 0 Å². The average molecular weight is 281 g/mol. The molecule has 0 aliphatic rings. The molecule has 108 valence electrons. The van der Waals surface area contributed by atoms with Crippen molar-refractivity contribution in [3.63, 3.8) is 0 Å². The molecule has 0 fully saturated rings. The Kier molecular flexibility index (Phi) is 4.22. The Morgan fingerprint density at radius 2 is 1.76 bits per heavy atom. The first-order valence-electron chi connectivity index (χ1n) is 7.26. The van der Waals surface area contributed by atoms with Crippen molar-refractivity contribution in [3.8, 4) is 5.75 Å². The third-order valence-electron chi connectivity index (χ3n) is 3.45. The van der Waals surface area contributed by atoms with Crippen molar-refractivity contribution in [2.75, 3.05) is 6.54 Å². The molecule has 0 amide bonds. The fourth-order valence-electron chi connectivity index (χ4n) is 2.38. The van der Waals surface area contributed by atoms with Gasteiger partial charge in [-0.1, -0.05) is 43.3 Å². The first-order chi connectivity index (χ1) is 10.4. The number of nitrogens with one attached hydrogen (secondary N) is 1. The third-order valence-corrected chi connectivity index (χ3v) is 3.45. The highest BCUT2D eigenvalue weighted by molar-refractivity contribution is 5.82. The lowest BCUT2D eigenvalue weighted by Crippen LogP contribution is -2.13. The highest BCUT2D eigenvalue weighted by Crippen LogP contribution is 2.27. The Hall–Kier alpha value is -2.26.